The molecule has 3 heterocycles. The zero-order chi connectivity index (χ0) is 14.5. The molecular weight excluding hydrogens is 264 g/mol. The van der Waals surface area contributed by atoms with Crippen LogP contribution in [0.15, 0.2) is 0 Å². The topological polar surface area (TPSA) is 57.2 Å². The number of hydrogen-bond donors (Lipinski definition) is 1. The third kappa shape index (κ3) is 3.54. The molecular formula is C15H26N6. The van der Waals surface area contributed by atoms with Gasteiger partial charge in [0.05, 0.1) is 0 Å². The standard InChI is InChI=1S/C15H26N6/c1-2-16-13-17-14(20-9-5-3-6-10-20)19-15(18-13)21-11-7-4-8-12-21/h2-12H2,1H3,(H,16,17,18,19). The summed E-state index contributed by atoms with van der Waals surface area (Å²) in [6, 6.07) is 0. The van der Waals surface area contributed by atoms with Gasteiger partial charge in [0.15, 0.2) is 0 Å². The minimum atomic E-state index is 0.716. The molecule has 1 aromatic heterocycles. The van der Waals surface area contributed by atoms with Crippen molar-refractivity contribution >= 4 is 17.8 Å². The second-order valence-corrected chi connectivity index (χ2v) is 5.88. The van der Waals surface area contributed by atoms with Gasteiger partial charge in [-0.3, -0.25) is 0 Å². The van der Waals surface area contributed by atoms with Crippen molar-refractivity contribution < 1.29 is 0 Å². The van der Waals surface area contributed by atoms with E-state index in [1.54, 1.807) is 0 Å². The molecule has 2 saturated heterocycles. The van der Waals surface area contributed by atoms with E-state index in [1.807, 2.05) is 0 Å². The largest absolute Gasteiger partial charge is 0.354 e. The normalized spacial score (nSPS) is 19.7. The average molecular weight is 290 g/mol. The monoisotopic (exact) mass is 290 g/mol. The highest BCUT2D eigenvalue weighted by atomic mass is 15.4. The molecule has 116 valence electrons. The number of piperidine rings is 2. The molecule has 6 nitrogen and oxygen atoms in total. The fourth-order valence-corrected chi connectivity index (χ4v) is 3.06. The van der Waals surface area contributed by atoms with Crippen LogP contribution in [0.3, 0.4) is 0 Å². The van der Waals surface area contributed by atoms with E-state index < -0.39 is 0 Å². The molecule has 0 aliphatic carbocycles. The maximum absolute atomic E-state index is 4.75. The Morgan fingerprint density at radius 2 is 1.24 bits per heavy atom. The summed E-state index contributed by atoms with van der Waals surface area (Å²) < 4.78 is 0. The van der Waals surface area contributed by atoms with Crippen LogP contribution in [0.25, 0.3) is 0 Å². The van der Waals surface area contributed by atoms with Crippen molar-refractivity contribution in [1.29, 1.82) is 0 Å². The van der Waals surface area contributed by atoms with Gasteiger partial charge in [-0.2, -0.15) is 15.0 Å². The molecule has 0 unspecified atom stereocenters. The SMILES string of the molecule is CCNc1nc(N2CCCCC2)nc(N2CCCCC2)n1. The lowest BCUT2D eigenvalue weighted by molar-refractivity contribution is 0.556. The Balaban J connectivity index is 1.85. The molecule has 6 heteroatoms. The van der Waals surface area contributed by atoms with Gasteiger partial charge >= 0.3 is 0 Å². The lowest BCUT2D eigenvalue weighted by atomic mass is 10.1. The lowest BCUT2D eigenvalue weighted by Crippen LogP contribution is -2.34. The van der Waals surface area contributed by atoms with Crippen LogP contribution in [-0.2, 0) is 0 Å². The molecule has 2 aliphatic rings. The molecule has 2 fully saturated rings. The summed E-state index contributed by atoms with van der Waals surface area (Å²) in [6.45, 7) is 7.17. The summed E-state index contributed by atoms with van der Waals surface area (Å²) >= 11 is 0. The van der Waals surface area contributed by atoms with Crippen molar-refractivity contribution in [2.45, 2.75) is 45.4 Å². The molecule has 2 aliphatic heterocycles. The number of anilines is 3. The van der Waals surface area contributed by atoms with Crippen molar-refractivity contribution in [3.05, 3.63) is 0 Å². The highest BCUT2D eigenvalue weighted by Crippen LogP contribution is 2.22. The Labute approximate surface area is 127 Å². The van der Waals surface area contributed by atoms with Crippen LogP contribution in [-0.4, -0.2) is 47.7 Å². The number of aromatic nitrogens is 3. The molecule has 3 rings (SSSR count). The predicted octanol–water partition coefficient (Wildman–Crippen LogP) is 2.28. The lowest BCUT2D eigenvalue weighted by Gasteiger charge is -2.30. The summed E-state index contributed by atoms with van der Waals surface area (Å²) in [4.78, 5) is 18.6. The quantitative estimate of drug-likeness (QED) is 0.918. The van der Waals surface area contributed by atoms with Crippen LogP contribution >= 0.6 is 0 Å². The zero-order valence-corrected chi connectivity index (χ0v) is 13.0. The van der Waals surface area contributed by atoms with Crippen LogP contribution in [0, 0.1) is 0 Å². The van der Waals surface area contributed by atoms with Gasteiger partial charge in [0.25, 0.3) is 0 Å². The van der Waals surface area contributed by atoms with Crippen molar-refractivity contribution in [2.75, 3.05) is 47.8 Å². The van der Waals surface area contributed by atoms with Crippen LogP contribution in [0.5, 0.6) is 0 Å². The van der Waals surface area contributed by atoms with Gasteiger partial charge in [0.2, 0.25) is 17.8 Å². The fourth-order valence-electron chi connectivity index (χ4n) is 3.06. The molecule has 0 bridgehead atoms. The maximum Gasteiger partial charge on any atom is 0.231 e. The summed E-state index contributed by atoms with van der Waals surface area (Å²) in [5, 5.41) is 3.25. The highest BCUT2D eigenvalue weighted by Gasteiger charge is 2.19. The minimum absolute atomic E-state index is 0.716. The predicted molar refractivity (Wildman–Crippen MR) is 86.1 cm³/mol. The van der Waals surface area contributed by atoms with Crippen LogP contribution in [0.4, 0.5) is 17.8 Å². The molecule has 1 aromatic rings. The number of nitrogens with one attached hydrogen (secondary N) is 1. The molecule has 21 heavy (non-hydrogen) atoms. The third-order valence-corrected chi connectivity index (χ3v) is 4.22. The molecule has 0 spiro atoms. The summed E-state index contributed by atoms with van der Waals surface area (Å²) in [5.41, 5.74) is 0. The number of hydrogen-bond acceptors (Lipinski definition) is 6. The Morgan fingerprint density at radius 3 is 1.67 bits per heavy atom. The van der Waals surface area contributed by atoms with E-state index in [0.717, 1.165) is 44.6 Å². The maximum atomic E-state index is 4.75. The van der Waals surface area contributed by atoms with Gasteiger partial charge in [0, 0.05) is 32.7 Å². The molecule has 0 atom stereocenters. The average Bonchev–Trinajstić information content (AvgIpc) is 2.56. The highest BCUT2D eigenvalue weighted by molar-refractivity contribution is 5.45. The smallest absolute Gasteiger partial charge is 0.231 e. The van der Waals surface area contributed by atoms with Gasteiger partial charge < -0.3 is 15.1 Å². The Hall–Kier alpha value is -1.59. The second-order valence-electron chi connectivity index (χ2n) is 5.88. The van der Waals surface area contributed by atoms with Gasteiger partial charge in [-0.1, -0.05) is 0 Å². The zero-order valence-electron chi connectivity index (χ0n) is 13.0. The number of nitrogens with zero attached hydrogens (tertiary/aromatic N) is 5. The minimum Gasteiger partial charge on any atom is -0.354 e. The van der Waals surface area contributed by atoms with Crippen molar-refractivity contribution in [3.63, 3.8) is 0 Å². The Bertz CT molecular complexity index is 415. The second kappa shape index (κ2) is 6.91. The van der Waals surface area contributed by atoms with E-state index in [2.05, 4.69) is 32.0 Å². The number of rotatable bonds is 4. The van der Waals surface area contributed by atoms with E-state index in [-0.39, 0.29) is 0 Å². The fraction of sp³-hybridized carbons (Fsp3) is 0.800. The Morgan fingerprint density at radius 1 is 0.762 bits per heavy atom. The van der Waals surface area contributed by atoms with Gasteiger partial charge in [0.1, 0.15) is 0 Å². The molecule has 0 aromatic carbocycles. The van der Waals surface area contributed by atoms with Crippen LogP contribution < -0.4 is 15.1 Å². The summed E-state index contributed by atoms with van der Waals surface area (Å²) in [5.74, 6) is 2.41. The molecule has 0 saturated carbocycles. The van der Waals surface area contributed by atoms with Gasteiger partial charge in [-0.05, 0) is 45.4 Å². The first-order chi connectivity index (χ1) is 10.4. The first-order valence-electron chi connectivity index (χ1n) is 8.36. The first-order valence-corrected chi connectivity index (χ1v) is 8.36. The molecule has 0 radical (unpaired) electrons. The van der Waals surface area contributed by atoms with E-state index in [4.69, 9.17) is 4.98 Å². The summed E-state index contributed by atoms with van der Waals surface area (Å²) in [7, 11) is 0. The van der Waals surface area contributed by atoms with Crippen LogP contribution in [0.2, 0.25) is 0 Å². The molecule has 1 N–H and O–H groups in total. The first kappa shape index (κ1) is 14.4. The van der Waals surface area contributed by atoms with Crippen molar-refractivity contribution in [3.8, 4) is 0 Å². The summed E-state index contributed by atoms with van der Waals surface area (Å²) in [6.07, 6.45) is 7.59. The molecule has 0 amide bonds. The van der Waals surface area contributed by atoms with Crippen LogP contribution in [0.1, 0.15) is 45.4 Å². The van der Waals surface area contributed by atoms with E-state index >= 15 is 0 Å². The third-order valence-electron chi connectivity index (χ3n) is 4.22. The van der Waals surface area contributed by atoms with E-state index in [1.165, 1.54) is 38.5 Å². The van der Waals surface area contributed by atoms with Crippen molar-refractivity contribution in [2.24, 2.45) is 0 Å². The Kier molecular flexibility index (Phi) is 4.72. The van der Waals surface area contributed by atoms with Gasteiger partial charge in [-0.25, -0.2) is 0 Å². The van der Waals surface area contributed by atoms with E-state index in [0.29, 0.717) is 5.95 Å². The van der Waals surface area contributed by atoms with Gasteiger partial charge in [-0.15, -0.1) is 0 Å². The van der Waals surface area contributed by atoms with Crippen molar-refractivity contribution in [1.82, 2.24) is 15.0 Å². The van der Waals surface area contributed by atoms with E-state index in [9.17, 15) is 0 Å².